The van der Waals surface area contributed by atoms with Gasteiger partial charge in [-0.25, -0.2) is 0 Å². The predicted octanol–water partition coefficient (Wildman–Crippen LogP) is 1.34. The van der Waals surface area contributed by atoms with Crippen LogP contribution in [-0.4, -0.2) is 17.1 Å². The summed E-state index contributed by atoms with van der Waals surface area (Å²) in [6.45, 7) is 5.08. The van der Waals surface area contributed by atoms with Gasteiger partial charge in [-0.2, -0.15) is 0 Å². The number of hydrogen-bond donors (Lipinski definition) is 1. The summed E-state index contributed by atoms with van der Waals surface area (Å²) in [6.07, 6.45) is 3.52. The maximum Gasteiger partial charge on any atom is 0.0752 e. The molecule has 3 nitrogen and oxygen atoms in total. The molecular weight excluding hydrogens is 164 g/mol. The SMILES string of the molecule is CC(C)(CN)OCc1ccncc1. The first-order valence-corrected chi connectivity index (χ1v) is 4.37. The molecule has 72 valence electrons. The van der Waals surface area contributed by atoms with Crippen LogP contribution in [0.15, 0.2) is 24.5 Å². The number of aromatic nitrogens is 1. The summed E-state index contributed by atoms with van der Waals surface area (Å²) < 4.78 is 5.61. The molecule has 0 aromatic carbocycles. The molecule has 0 fully saturated rings. The molecule has 0 aliphatic rings. The van der Waals surface area contributed by atoms with Gasteiger partial charge in [0.2, 0.25) is 0 Å². The van der Waals surface area contributed by atoms with Crippen LogP contribution >= 0.6 is 0 Å². The summed E-state index contributed by atoms with van der Waals surface area (Å²) in [4.78, 5) is 3.93. The van der Waals surface area contributed by atoms with Crippen molar-refractivity contribution in [3.05, 3.63) is 30.1 Å². The van der Waals surface area contributed by atoms with Crippen molar-refractivity contribution >= 4 is 0 Å². The van der Waals surface area contributed by atoms with Gasteiger partial charge in [0.15, 0.2) is 0 Å². The molecule has 0 spiro atoms. The fraction of sp³-hybridized carbons (Fsp3) is 0.500. The molecule has 0 saturated heterocycles. The van der Waals surface area contributed by atoms with Crippen molar-refractivity contribution in [2.24, 2.45) is 5.73 Å². The Kier molecular flexibility index (Phi) is 3.39. The molecule has 1 aromatic rings. The molecule has 0 radical (unpaired) electrons. The maximum atomic E-state index is 5.61. The van der Waals surface area contributed by atoms with E-state index < -0.39 is 0 Å². The maximum absolute atomic E-state index is 5.61. The van der Waals surface area contributed by atoms with E-state index in [1.807, 2.05) is 26.0 Å². The first-order chi connectivity index (χ1) is 6.14. The molecule has 0 aliphatic heterocycles. The molecule has 13 heavy (non-hydrogen) atoms. The summed E-state index contributed by atoms with van der Waals surface area (Å²) in [7, 11) is 0. The summed E-state index contributed by atoms with van der Waals surface area (Å²) >= 11 is 0. The smallest absolute Gasteiger partial charge is 0.0752 e. The van der Waals surface area contributed by atoms with Crippen LogP contribution in [0.2, 0.25) is 0 Å². The third kappa shape index (κ3) is 3.53. The quantitative estimate of drug-likeness (QED) is 0.760. The zero-order valence-corrected chi connectivity index (χ0v) is 8.16. The molecule has 0 bridgehead atoms. The van der Waals surface area contributed by atoms with E-state index in [2.05, 4.69) is 4.98 Å². The highest BCUT2D eigenvalue weighted by atomic mass is 16.5. The van der Waals surface area contributed by atoms with Gasteiger partial charge < -0.3 is 10.5 Å². The Bertz CT molecular complexity index is 246. The highest BCUT2D eigenvalue weighted by Gasteiger charge is 2.15. The minimum Gasteiger partial charge on any atom is -0.370 e. The van der Waals surface area contributed by atoms with Crippen molar-refractivity contribution in [3.63, 3.8) is 0 Å². The van der Waals surface area contributed by atoms with Gasteiger partial charge in [-0.3, -0.25) is 4.98 Å². The normalized spacial score (nSPS) is 11.6. The number of ether oxygens (including phenoxy) is 1. The van der Waals surface area contributed by atoms with Crippen LogP contribution in [0.3, 0.4) is 0 Å². The Morgan fingerprint density at radius 3 is 2.54 bits per heavy atom. The first-order valence-electron chi connectivity index (χ1n) is 4.37. The topological polar surface area (TPSA) is 48.1 Å². The van der Waals surface area contributed by atoms with Crippen LogP contribution in [0.25, 0.3) is 0 Å². The van der Waals surface area contributed by atoms with Gasteiger partial charge in [-0.1, -0.05) is 0 Å². The second-order valence-corrected chi connectivity index (χ2v) is 3.61. The number of nitrogens with two attached hydrogens (primary N) is 1. The molecule has 0 aliphatic carbocycles. The second-order valence-electron chi connectivity index (χ2n) is 3.61. The molecule has 0 unspecified atom stereocenters. The number of rotatable bonds is 4. The third-order valence-electron chi connectivity index (χ3n) is 1.87. The van der Waals surface area contributed by atoms with E-state index in [4.69, 9.17) is 10.5 Å². The summed E-state index contributed by atoms with van der Waals surface area (Å²) in [6, 6.07) is 3.87. The van der Waals surface area contributed by atoms with Gasteiger partial charge in [0.05, 0.1) is 12.2 Å². The molecule has 3 heteroatoms. The lowest BCUT2D eigenvalue weighted by Gasteiger charge is -2.23. The van der Waals surface area contributed by atoms with Crippen LogP contribution in [-0.2, 0) is 11.3 Å². The van der Waals surface area contributed by atoms with Gasteiger partial charge in [0, 0.05) is 18.9 Å². The Hall–Kier alpha value is -0.930. The Morgan fingerprint density at radius 2 is 2.00 bits per heavy atom. The lowest BCUT2D eigenvalue weighted by atomic mass is 10.1. The minimum atomic E-state index is -0.247. The molecule has 0 atom stereocenters. The lowest BCUT2D eigenvalue weighted by molar-refractivity contribution is -0.0222. The average molecular weight is 180 g/mol. The van der Waals surface area contributed by atoms with Crippen LogP contribution < -0.4 is 5.73 Å². The van der Waals surface area contributed by atoms with Crippen molar-refractivity contribution in [2.75, 3.05) is 6.54 Å². The zero-order valence-electron chi connectivity index (χ0n) is 8.16. The number of pyridine rings is 1. The van der Waals surface area contributed by atoms with Crippen molar-refractivity contribution in [1.82, 2.24) is 4.98 Å². The lowest BCUT2D eigenvalue weighted by Crippen LogP contribution is -2.33. The monoisotopic (exact) mass is 180 g/mol. The van der Waals surface area contributed by atoms with Crippen LogP contribution in [0.4, 0.5) is 0 Å². The highest BCUT2D eigenvalue weighted by molar-refractivity contribution is 5.08. The minimum absolute atomic E-state index is 0.247. The van der Waals surface area contributed by atoms with Crippen molar-refractivity contribution in [3.8, 4) is 0 Å². The molecule has 2 N–H and O–H groups in total. The van der Waals surface area contributed by atoms with Gasteiger partial charge >= 0.3 is 0 Å². The molecule has 1 rings (SSSR count). The average Bonchev–Trinajstić information content (AvgIpc) is 2.17. The first kappa shape index (κ1) is 10.2. The standard InChI is InChI=1S/C10H16N2O/c1-10(2,8-11)13-7-9-3-5-12-6-4-9/h3-6H,7-8,11H2,1-2H3. The van der Waals surface area contributed by atoms with Crippen molar-refractivity contribution in [2.45, 2.75) is 26.1 Å². The van der Waals surface area contributed by atoms with E-state index in [1.54, 1.807) is 12.4 Å². The molecular formula is C10H16N2O. The fourth-order valence-electron chi connectivity index (χ4n) is 0.817. The molecule has 1 aromatic heterocycles. The van der Waals surface area contributed by atoms with E-state index in [9.17, 15) is 0 Å². The Labute approximate surface area is 78.9 Å². The van der Waals surface area contributed by atoms with Gasteiger partial charge in [0.25, 0.3) is 0 Å². The van der Waals surface area contributed by atoms with E-state index >= 15 is 0 Å². The van der Waals surface area contributed by atoms with Gasteiger partial charge in [-0.15, -0.1) is 0 Å². The molecule has 0 saturated carbocycles. The van der Waals surface area contributed by atoms with E-state index in [0.717, 1.165) is 5.56 Å². The summed E-state index contributed by atoms with van der Waals surface area (Å²) in [5, 5.41) is 0. The Morgan fingerprint density at radius 1 is 1.38 bits per heavy atom. The van der Waals surface area contributed by atoms with E-state index in [0.29, 0.717) is 13.2 Å². The fourth-order valence-corrected chi connectivity index (χ4v) is 0.817. The summed E-state index contributed by atoms with van der Waals surface area (Å²) in [5.41, 5.74) is 6.41. The van der Waals surface area contributed by atoms with E-state index in [1.165, 1.54) is 0 Å². The van der Waals surface area contributed by atoms with Gasteiger partial charge in [0.1, 0.15) is 0 Å². The second kappa shape index (κ2) is 4.35. The van der Waals surface area contributed by atoms with Crippen LogP contribution in [0.1, 0.15) is 19.4 Å². The molecule has 0 amide bonds. The van der Waals surface area contributed by atoms with E-state index in [-0.39, 0.29) is 5.60 Å². The summed E-state index contributed by atoms with van der Waals surface area (Å²) in [5.74, 6) is 0. The number of nitrogens with zero attached hydrogens (tertiary/aromatic N) is 1. The van der Waals surface area contributed by atoms with Crippen LogP contribution in [0.5, 0.6) is 0 Å². The van der Waals surface area contributed by atoms with Crippen molar-refractivity contribution < 1.29 is 4.74 Å². The largest absolute Gasteiger partial charge is 0.370 e. The van der Waals surface area contributed by atoms with Crippen LogP contribution in [0, 0.1) is 0 Å². The predicted molar refractivity (Wildman–Crippen MR) is 52.2 cm³/mol. The van der Waals surface area contributed by atoms with Crippen molar-refractivity contribution in [1.29, 1.82) is 0 Å². The number of hydrogen-bond acceptors (Lipinski definition) is 3. The third-order valence-corrected chi connectivity index (χ3v) is 1.87. The molecule has 1 heterocycles. The highest BCUT2D eigenvalue weighted by Crippen LogP contribution is 2.10. The Balaban J connectivity index is 2.44. The zero-order chi connectivity index (χ0) is 9.73. The van der Waals surface area contributed by atoms with Gasteiger partial charge in [-0.05, 0) is 31.5 Å².